The van der Waals surface area contributed by atoms with E-state index in [9.17, 15) is 4.21 Å². The minimum absolute atomic E-state index is 0.145. The molecule has 0 bridgehead atoms. The first-order chi connectivity index (χ1) is 10.1. The lowest BCUT2D eigenvalue weighted by Crippen LogP contribution is -2.27. The first kappa shape index (κ1) is 16.4. The highest BCUT2D eigenvalue weighted by Gasteiger charge is 2.16. The minimum atomic E-state index is -0.944. The molecule has 114 valence electrons. The van der Waals surface area contributed by atoms with Gasteiger partial charge in [0.1, 0.15) is 0 Å². The lowest BCUT2D eigenvalue weighted by molar-refractivity contribution is 0.569. The highest BCUT2D eigenvalue weighted by Crippen LogP contribution is 2.22. The van der Waals surface area contributed by atoms with Crippen molar-refractivity contribution >= 4 is 22.1 Å². The molecule has 0 saturated carbocycles. The molecule has 0 aliphatic carbocycles. The third-order valence-corrected chi connectivity index (χ3v) is 6.05. The Kier molecular flexibility index (Phi) is 6.15. The number of rotatable bonds is 7. The van der Waals surface area contributed by atoms with Crippen molar-refractivity contribution in [3.05, 3.63) is 52.4 Å². The second-order valence-corrected chi connectivity index (χ2v) is 8.04. The highest BCUT2D eigenvalue weighted by atomic mass is 32.2. The fourth-order valence-corrected chi connectivity index (χ4v) is 4.69. The van der Waals surface area contributed by atoms with Crippen molar-refractivity contribution in [2.45, 2.75) is 37.4 Å². The summed E-state index contributed by atoms with van der Waals surface area (Å²) in [6, 6.07) is 10.6. The van der Waals surface area contributed by atoms with Gasteiger partial charge in [-0.25, -0.2) is 0 Å². The van der Waals surface area contributed by atoms with Gasteiger partial charge in [0.2, 0.25) is 0 Å². The molecule has 2 aromatic rings. The smallest absolute Gasteiger partial charge is 0.0911 e. The van der Waals surface area contributed by atoms with Crippen LogP contribution < -0.4 is 5.32 Å². The van der Waals surface area contributed by atoms with Crippen molar-refractivity contribution in [2.24, 2.45) is 0 Å². The van der Waals surface area contributed by atoms with Crippen molar-refractivity contribution in [3.63, 3.8) is 0 Å². The van der Waals surface area contributed by atoms with Gasteiger partial charge in [0.25, 0.3) is 0 Å². The Labute approximate surface area is 134 Å². The van der Waals surface area contributed by atoms with Gasteiger partial charge in [0, 0.05) is 11.8 Å². The molecule has 0 amide bonds. The Morgan fingerprint density at radius 3 is 2.52 bits per heavy atom. The lowest BCUT2D eigenvalue weighted by atomic mass is 10.0. The molecule has 2 rings (SSSR count). The van der Waals surface area contributed by atoms with Crippen LogP contribution in [0.25, 0.3) is 0 Å². The summed E-state index contributed by atoms with van der Waals surface area (Å²) >= 11 is 1.57. The minimum Gasteiger partial charge on any atom is -0.309 e. The molecule has 1 aromatic heterocycles. The van der Waals surface area contributed by atoms with Gasteiger partial charge in [-0.1, -0.05) is 42.3 Å². The van der Waals surface area contributed by atoms with Crippen molar-refractivity contribution in [3.8, 4) is 0 Å². The van der Waals surface area contributed by atoms with E-state index in [1.165, 1.54) is 16.7 Å². The molecular formula is C17H23NOS2. The van der Waals surface area contributed by atoms with Crippen LogP contribution in [0.4, 0.5) is 0 Å². The molecule has 0 fully saturated rings. The quantitative estimate of drug-likeness (QED) is 0.827. The summed E-state index contributed by atoms with van der Waals surface area (Å²) in [6.07, 6.45) is 1.08. The fraction of sp³-hybridized carbons (Fsp3) is 0.412. The zero-order chi connectivity index (χ0) is 15.2. The number of benzene rings is 1. The molecule has 0 spiro atoms. The summed E-state index contributed by atoms with van der Waals surface area (Å²) in [5, 5.41) is 5.53. The predicted molar refractivity (Wildman–Crippen MR) is 92.5 cm³/mol. The van der Waals surface area contributed by atoms with E-state index in [1.54, 1.807) is 11.3 Å². The summed E-state index contributed by atoms with van der Waals surface area (Å²) in [5.41, 5.74) is 3.76. The Hall–Kier alpha value is -0.970. The lowest BCUT2D eigenvalue weighted by Gasteiger charge is -2.19. The standard InChI is InChI=1S/C17H23NOS2/c1-4-7-18-16(12-21(19)17-6-5-8-20-17)15-10-13(2)9-14(3)11-15/h5-6,8-11,16,18H,4,7,12H2,1-3H3. The molecule has 1 heterocycles. The van der Waals surface area contributed by atoms with Crippen LogP contribution in [0.5, 0.6) is 0 Å². The van der Waals surface area contributed by atoms with E-state index < -0.39 is 10.8 Å². The maximum absolute atomic E-state index is 12.5. The Bertz CT molecular complexity index is 573. The Morgan fingerprint density at radius 2 is 1.95 bits per heavy atom. The second-order valence-electron chi connectivity index (χ2n) is 5.37. The molecule has 0 aliphatic heterocycles. The number of hydrogen-bond donors (Lipinski definition) is 1. The van der Waals surface area contributed by atoms with Crippen LogP contribution in [-0.2, 0) is 10.8 Å². The molecule has 0 saturated heterocycles. The molecule has 2 nitrogen and oxygen atoms in total. The normalized spacial score (nSPS) is 14.0. The third-order valence-electron chi connectivity index (χ3n) is 3.32. The number of aryl methyl sites for hydroxylation is 2. The summed E-state index contributed by atoms with van der Waals surface area (Å²) in [4.78, 5) is 0. The molecular weight excluding hydrogens is 298 g/mol. The van der Waals surface area contributed by atoms with E-state index in [0.29, 0.717) is 5.75 Å². The van der Waals surface area contributed by atoms with E-state index in [1.807, 2.05) is 17.5 Å². The van der Waals surface area contributed by atoms with E-state index in [-0.39, 0.29) is 6.04 Å². The van der Waals surface area contributed by atoms with E-state index >= 15 is 0 Å². The van der Waals surface area contributed by atoms with Gasteiger partial charge in [-0.3, -0.25) is 4.21 Å². The van der Waals surface area contributed by atoms with Gasteiger partial charge >= 0.3 is 0 Å². The first-order valence-electron chi connectivity index (χ1n) is 7.33. The topological polar surface area (TPSA) is 29.1 Å². The SMILES string of the molecule is CCCNC(CS(=O)c1cccs1)c1cc(C)cc(C)c1. The van der Waals surface area contributed by atoms with Crippen LogP contribution in [0.15, 0.2) is 39.9 Å². The summed E-state index contributed by atoms with van der Waals surface area (Å²) < 4.78 is 13.5. The van der Waals surface area contributed by atoms with Crippen LogP contribution in [0, 0.1) is 13.8 Å². The van der Waals surface area contributed by atoms with Crippen LogP contribution in [0.1, 0.15) is 36.1 Å². The third kappa shape index (κ3) is 4.77. The summed E-state index contributed by atoms with van der Waals surface area (Å²) in [6.45, 7) is 7.33. The Morgan fingerprint density at radius 1 is 1.24 bits per heavy atom. The molecule has 4 heteroatoms. The largest absolute Gasteiger partial charge is 0.309 e. The van der Waals surface area contributed by atoms with Crippen LogP contribution in [-0.4, -0.2) is 16.5 Å². The van der Waals surface area contributed by atoms with Crippen molar-refractivity contribution in [1.29, 1.82) is 0 Å². The number of hydrogen-bond acceptors (Lipinski definition) is 3. The van der Waals surface area contributed by atoms with Crippen LogP contribution in [0.2, 0.25) is 0 Å². The molecule has 2 unspecified atom stereocenters. The average molecular weight is 322 g/mol. The first-order valence-corrected chi connectivity index (χ1v) is 9.53. The molecule has 1 N–H and O–H groups in total. The van der Waals surface area contributed by atoms with E-state index in [2.05, 4.69) is 44.3 Å². The average Bonchev–Trinajstić information content (AvgIpc) is 2.96. The zero-order valence-corrected chi connectivity index (χ0v) is 14.5. The molecule has 0 aliphatic rings. The van der Waals surface area contributed by atoms with Gasteiger partial charge in [-0.2, -0.15) is 0 Å². The highest BCUT2D eigenvalue weighted by molar-refractivity contribution is 7.87. The number of nitrogens with one attached hydrogen (secondary N) is 1. The zero-order valence-electron chi connectivity index (χ0n) is 12.9. The van der Waals surface area contributed by atoms with Crippen molar-refractivity contribution in [1.82, 2.24) is 5.32 Å². The Balaban J connectivity index is 2.19. The number of thiophene rings is 1. The van der Waals surface area contributed by atoms with Gasteiger partial charge in [0.05, 0.1) is 15.0 Å². The maximum Gasteiger partial charge on any atom is 0.0911 e. The van der Waals surface area contributed by atoms with Gasteiger partial charge < -0.3 is 5.32 Å². The van der Waals surface area contributed by atoms with Crippen LogP contribution >= 0.6 is 11.3 Å². The van der Waals surface area contributed by atoms with Gasteiger partial charge in [-0.15, -0.1) is 11.3 Å². The van der Waals surface area contributed by atoms with Gasteiger partial charge in [-0.05, 0) is 43.8 Å². The maximum atomic E-state index is 12.5. The monoisotopic (exact) mass is 321 g/mol. The molecule has 1 aromatic carbocycles. The molecule has 21 heavy (non-hydrogen) atoms. The summed E-state index contributed by atoms with van der Waals surface area (Å²) in [7, 11) is -0.944. The van der Waals surface area contributed by atoms with E-state index in [0.717, 1.165) is 17.2 Å². The van der Waals surface area contributed by atoms with Crippen LogP contribution in [0.3, 0.4) is 0 Å². The summed E-state index contributed by atoms with van der Waals surface area (Å²) in [5.74, 6) is 0.628. The predicted octanol–water partition coefficient (Wildman–Crippen LogP) is 4.21. The van der Waals surface area contributed by atoms with E-state index in [4.69, 9.17) is 0 Å². The van der Waals surface area contributed by atoms with Crippen molar-refractivity contribution < 1.29 is 4.21 Å². The van der Waals surface area contributed by atoms with Gasteiger partial charge in [0.15, 0.2) is 0 Å². The molecule has 0 radical (unpaired) electrons. The fourth-order valence-electron chi connectivity index (χ4n) is 2.43. The van der Waals surface area contributed by atoms with Crippen molar-refractivity contribution in [2.75, 3.05) is 12.3 Å². The second kappa shape index (κ2) is 7.87. The molecule has 2 atom stereocenters.